The van der Waals surface area contributed by atoms with E-state index in [4.69, 9.17) is 11.6 Å². The molecule has 1 aromatic carbocycles. The van der Waals surface area contributed by atoms with E-state index in [0.29, 0.717) is 24.4 Å². The van der Waals surface area contributed by atoms with E-state index >= 15 is 0 Å². The highest BCUT2D eigenvalue weighted by Gasteiger charge is 2.30. The summed E-state index contributed by atoms with van der Waals surface area (Å²) in [6.07, 6.45) is 0.599. The second kappa shape index (κ2) is 6.43. The summed E-state index contributed by atoms with van der Waals surface area (Å²) in [4.78, 5) is 2.02. The minimum absolute atomic E-state index is 0.0680. The first-order chi connectivity index (χ1) is 9.39. The van der Waals surface area contributed by atoms with Gasteiger partial charge >= 0.3 is 0 Å². The average molecular weight is 318 g/mol. The lowest BCUT2D eigenvalue weighted by molar-refractivity contribution is 0.140. The van der Waals surface area contributed by atoms with Crippen molar-refractivity contribution in [2.24, 2.45) is 0 Å². The van der Waals surface area contributed by atoms with Crippen LogP contribution >= 0.6 is 11.6 Å². The van der Waals surface area contributed by atoms with Crippen LogP contribution < -0.4 is 0 Å². The summed E-state index contributed by atoms with van der Waals surface area (Å²) >= 11 is 6.05. The molecule has 1 saturated heterocycles. The molecule has 1 aromatic rings. The molecular formula is C14H20ClNO3S. The third kappa shape index (κ3) is 3.95. The maximum Gasteiger partial charge on any atom is 0.151 e. The zero-order chi connectivity index (χ0) is 14.8. The molecule has 6 heteroatoms. The molecule has 1 N–H and O–H groups in total. The Bertz CT molecular complexity index is 561. The molecule has 0 saturated carbocycles. The molecule has 20 heavy (non-hydrogen) atoms. The van der Waals surface area contributed by atoms with Crippen molar-refractivity contribution in [2.75, 3.05) is 25.1 Å². The van der Waals surface area contributed by atoms with E-state index in [2.05, 4.69) is 0 Å². The predicted octanol–water partition coefficient (Wildman–Crippen LogP) is 1.88. The van der Waals surface area contributed by atoms with E-state index in [0.717, 1.165) is 5.56 Å². The van der Waals surface area contributed by atoms with Gasteiger partial charge in [0, 0.05) is 17.6 Å². The standard InChI is InChI=1S/C14H20ClNO3S/c1-16(11-7-9-20(18,19)10-11)8-6-14(17)12-4-2-3-5-13(12)15/h2-5,11,14,17H,6-10H2,1H3. The topological polar surface area (TPSA) is 57.6 Å². The number of hydrogen-bond donors (Lipinski definition) is 1. The summed E-state index contributed by atoms with van der Waals surface area (Å²) in [6, 6.07) is 7.31. The first-order valence-electron chi connectivity index (χ1n) is 6.72. The summed E-state index contributed by atoms with van der Waals surface area (Å²) in [5.41, 5.74) is 0.724. The van der Waals surface area contributed by atoms with Crippen molar-refractivity contribution in [2.45, 2.75) is 25.0 Å². The van der Waals surface area contributed by atoms with Crippen LogP contribution in [0.4, 0.5) is 0 Å². The Labute approximate surface area is 125 Å². The summed E-state index contributed by atoms with van der Waals surface area (Å²) < 4.78 is 22.9. The van der Waals surface area contributed by atoms with E-state index in [-0.39, 0.29) is 17.5 Å². The quantitative estimate of drug-likeness (QED) is 0.901. The van der Waals surface area contributed by atoms with Gasteiger partial charge in [0.05, 0.1) is 17.6 Å². The highest BCUT2D eigenvalue weighted by atomic mass is 35.5. The largest absolute Gasteiger partial charge is 0.388 e. The van der Waals surface area contributed by atoms with Gasteiger partial charge in [-0.3, -0.25) is 0 Å². The van der Waals surface area contributed by atoms with E-state index in [1.807, 2.05) is 30.1 Å². The van der Waals surface area contributed by atoms with Crippen molar-refractivity contribution in [3.63, 3.8) is 0 Å². The third-order valence-corrected chi connectivity index (χ3v) is 5.95. The average Bonchev–Trinajstić information content (AvgIpc) is 2.76. The zero-order valence-electron chi connectivity index (χ0n) is 11.5. The summed E-state index contributed by atoms with van der Waals surface area (Å²) in [5, 5.41) is 10.7. The number of nitrogens with zero attached hydrogens (tertiary/aromatic N) is 1. The second-order valence-corrected chi connectivity index (χ2v) is 8.00. The Morgan fingerprint density at radius 1 is 1.45 bits per heavy atom. The van der Waals surface area contributed by atoms with Crippen LogP contribution in [0.15, 0.2) is 24.3 Å². The molecule has 0 radical (unpaired) electrons. The Morgan fingerprint density at radius 3 is 2.75 bits per heavy atom. The molecule has 1 heterocycles. The smallest absolute Gasteiger partial charge is 0.151 e. The van der Waals surface area contributed by atoms with Gasteiger partial charge in [-0.2, -0.15) is 0 Å². The maximum absolute atomic E-state index is 11.5. The SMILES string of the molecule is CN(CCC(O)c1ccccc1Cl)C1CCS(=O)(=O)C1. The lowest BCUT2D eigenvalue weighted by Crippen LogP contribution is -2.34. The van der Waals surface area contributed by atoms with Crippen LogP contribution in [0.1, 0.15) is 24.5 Å². The van der Waals surface area contributed by atoms with Crippen LogP contribution in [0.25, 0.3) is 0 Å². The van der Waals surface area contributed by atoms with Crippen molar-refractivity contribution in [3.05, 3.63) is 34.9 Å². The van der Waals surface area contributed by atoms with Gasteiger partial charge < -0.3 is 10.0 Å². The number of benzene rings is 1. The molecule has 2 rings (SSSR count). The van der Waals surface area contributed by atoms with Crippen LogP contribution in [-0.4, -0.2) is 49.6 Å². The predicted molar refractivity (Wildman–Crippen MR) is 80.7 cm³/mol. The fraction of sp³-hybridized carbons (Fsp3) is 0.571. The minimum Gasteiger partial charge on any atom is -0.388 e. The highest BCUT2D eigenvalue weighted by Crippen LogP contribution is 2.25. The monoisotopic (exact) mass is 317 g/mol. The molecule has 0 spiro atoms. The lowest BCUT2D eigenvalue weighted by atomic mass is 10.1. The van der Waals surface area contributed by atoms with Gasteiger partial charge in [-0.15, -0.1) is 0 Å². The first kappa shape index (κ1) is 15.8. The fourth-order valence-corrected chi connectivity index (χ4v) is 4.60. The zero-order valence-corrected chi connectivity index (χ0v) is 13.1. The van der Waals surface area contributed by atoms with Crippen LogP contribution in [-0.2, 0) is 9.84 Å². The van der Waals surface area contributed by atoms with Crippen molar-refractivity contribution in [3.8, 4) is 0 Å². The van der Waals surface area contributed by atoms with Crippen LogP contribution in [0.3, 0.4) is 0 Å². The maximum atomic E-state index is 11.5. The summed E-state index contributed by atoms with van der Waals surface area (Å²) in [6.45, 7) is 0.645. The molecule has 0 aromatic heterocycles. The van der Waals surface area contributed by atoms with Crippen molar-refractivity contribution in [1.29, 1.82) is 0 Å². The Morgan fingerprint density at radius 2 is 2.15 bits per heavy atom. The summed E-state index contributed by atoms with van der Waals surface area (Å²) in [7, 11) is -0.956. The second-order valence-electron chi connectivity index (χ2n) is 5.36. The van der Waals surface area contributed by atoms with Gasteiger partial charge in [-0.05, 0) is 31.5 Å². The summed E-state index contributed by atoms with van der Waals surface area (Å²) in [5.74, 6) is 0.501. The number of halogens is 1. The van der Waals surface area contributed by atoms with Crippen LogP contribution in [0.2, 0.25) is 5.02 Å². The van der Waals surface area contributed by atoms with Gasteiger partial charge in [0.2, 0.25) is 0 Å². The lowest BCUT2D eigenvalue weighted by Gasteiger charge is -2.24. The molecular weight excluding hydrogens is 298 g/mol. The van der Waals surface area contributed by atoms with Gasteiger partial charge in [-0.1, -0.05) is 29.8 Å². The van der Waals surface area contributed by atoms with Gasteiger partial charge in [0.1, 0.15) is 0 Å². The number of hydrogen-bond acceptors (Lipinski definition) is 4. The Hall–Kier alpha value is -0.620. The molecule has 112 valence electrons. The van der Waals surface area contributed by atoms with Gasteiger partial charge in [-0.25, -0.2) is 8.42 Å². The van der Waals surface area contributed by atoms with Crippen molar-refractivity contribution < 1.29 is 13.5 Å². The van der Waals surface area contributed by atoms with E-state index in [1.165, 1.54) is 0 Å². The highest BCUT2D eigenvalue weighted by molar-refractivity contribution is 7.91. The normalized spacial score (nSPS) is 23.1. The fourth-order valence-electron chi connectivity index (χ4n) is 2.53. The minimum atomic E-state index is -2.86. The molecule has 0 amide bonds. The number of aliphatic hydroxyl groups excluding tert-OH is 1. The van der Waals surface area contributed by atoms with E-state index in [9.17, 15) is 13.5 Å². The molecule has 0 bridgehead atoms. The third-order valence-electron chi connectivity index (χ3n) is 3.85. The van der Waals surface area contributed by atoms with Crippen molar-refractivity contribution >= 4 is 21.4 Å². The molecule has 1 aliphatic rings. The molecule has 2 unspecified atom stereocenters. The molecule has 1 fully saturated rings. The van der Waals surface area contributed by atoms with E-state index in [1.54, 1.807) is 6.07 Å². The van der Waals surface area contributed by atoms with Gasteiger partial charge in [0.25, 0.3) is 0 Å². The number of rotatable bonds is 5. The molecule has 4 nitrogen and oxygen atoms in total. The van der Waals surface area contributed by atoms with Crippen LogP contribution in [0, 0.1) is 0 Å². The van der Waals surface area contributed by atoms with E-state index < -0.39 is 15.9 Å². The first-order valence-corrected chi connectivity index (χ1v) is 8.92. The van der Waals surface area contributed by atoms with Crippen LogP contribution in [0.5, 0.6) is 0 Å². The number of sulfone groups is 1. The van der Waals surface area contributed by atoms with Crippen molar-refractivity contribution in [1.82, 2.24) is 4.90 Å². The number of aliphatic hydroxyl groups is 1. The molecule has 2 atom stereocenters. The Balaban J connectivity index is 1.88. The van der Waals surface area contributed by atoms with Gasteiger partial charge in [0.15, 0.2) is 9.84 Å². The Kier molecular flexibility index (Phi) is 5.07. The molecule has 0 aliphatic carbocycles. The molecule has 1 aliphatic heterocycles.